The van der Waals surface area contributed by atoms with Gasteiger partial charge in [0.15, 0.2) is 0 Å². The number of aliphatic hydroxyl groups is 1. The maximum absolute atomic E-state index is 12.1. The molecule has 1 aliphatic carbocycles. The minimum Gasteiger partial charge on any atom is -0.491 e. The smallest absolute Gasteiger partial charge is 0.225 e. The molecule has 0 spiro atoms. The van der Waals surface area contributed by atoms with Crippen LogP contribution in [0.25, 0.3) is 10.8 Å². The molecule has 4 rings (SSSR count). The molecule has 1 amide bonds. The van der Waals surface area contributed by atoms with Gasteiger partial charge in [-0.3, -0.25) is 9.69 Å². The summed E-state index contributed by atoms with van der Waals surface area (Å²) >= 11 is 0. The number of β-amino-alcohol motifs (C(OH)–C–C–N with tert-alkyl or cyclic N) is 1. The van der Waals surface area contributed by atoms with E-state index >= 15 is 0 Å². The first-order valence-corrected chi connectivity index (χ1v) is 9.50. The Kier molecular flexibility index (Phi) is 5.09. The second-order valence-electron chi connectivity index (χ2n) is 7.37. The third kappa shape index (κ3) is 4.17. The first kappa shape index (κ1) is 17.3. The molecule has 0 radical (unpaired) electrons. The molecule has 2 fully saturated rings. The summed E-state index contributed by atoms with van der Waals surface area (Å²) in [7, 11) is 0. The van der Waals surface area contributed by atoms with Crippen molar-refractivity contribution in [2.45, 2.75) is 18.9 Å². The van der Waals surface area contributed by atoms with Crippen LogP contribution in [0.15, 0.2) is 42.5 Å². The van der Waals surface area contributed by atoms with Gasteiger partial charge in [0, 0.05) is 38.6 Å². The van der Waals surface area contributed by atoms with Gasteiger partial charge in [0.25, 0.3) is 0 Å². The molecular formula is C21H26N2O3. The minimum absolute atomic E-state index is 0.277. The Hall–Kier alpha value is -2.11. The number of fused-ring (bicyclic) bond motifs is 1. The zero-order valence-electron chi connectivity index (χ0n) is 15.0. The summed E-state index contributed by atoms with van der Waals surface area (Å²) in [5.41, 5.74) is 0. The third-order valence-corrected chi connectivity index (χ3v) is 5.24. The van der Waals surface area contributed by atoms with Crippen LogP contribution in [0.4, 0.5) is 0 Å². The number of hydrogen-bond donors (Lipinski definition) is 1. The van der Waals surface area contributed by atoms with Crippen molar-refractivity contribution >= 4 is 16.7 Å². The zero-order chi connectivity index (χ0) is 17.9. The average molecular weight is 354 g/mol. The van der Waals surface area contributed by atoms with Crippen LogP contribution in [0, 0.1) is 5.92 Å². The van der Waals surface area contributed by atoms with Crippen LogP contribution in [0.5, 0.6) is 5.75 Å². The lowest BCUT2D eigenvalue weighted by atomic mass is 10.1. The van der Waals surface area contributed by atoms with Gasteiger partial charge < -0.3 is 14.7 Å². The zero-order valence-corrected chi connectivity index (χ0v) is 15.0. The van der Waals surface area contributed by atoms with E-state index in [4.69, 9.17) is 4.74 Å². The maximum atomic E-state index is 12.1. The Labute approximate surface area is 154 Å². The van der Waals surface area contributed by atoms with Gasteiger partial charge in [-0.1, -0.05) is 30.3 Å². The van der Waals surface area contributed by atoms with Gasteiger partial charge in [-0.2, -0.15) is 0 Å². The number of hydrogen-bond acceptors (Lipinski definition) is 4. The topological polar surface area (TPSA) is 53.0 Å². The fourth-order valence-corrected chi connectivity index (χ4v) is 3.54. The summed E-state index contributed by atoms with van der Waals surface area (Å²) in [6.07, 6.45) is 1.58. The van der Waals surface area contributed by atoms with Crippen molar-refractivity contribution in [3.63, 3.8) is 0 Å². The molecule has 1 aliphatic heterocycles. The second-order valence-corrected chi connectivity index (χ2v) is 7.37. The average Bonchev–Trinajstić information content (AvgIpc) is 3.51. The number of rotatable bonds is 6. The van der Waals surface area contributed by atoms with Gasteiger partial charge in [-0.05, 0) is 35.7 Å². The normalized spacial score (nSPS) is 19.5. The number of amides is 1. The van der Waals surface area contributed by atoms with Gasteiger partial charge in [-0.25, -0.2) is 0 Å². The molecule has 1 atom stereocenters. The number of carbonyl (C=O) groups is 1. The number of nitrogens with zero attached hydrogens (tertiary/aromatic N) is 2. The summed E-state index contributed by atoms with van der Waals surface area (Å²) in [5.74, 6) is 1.40. The van der Waals surface area contributed by atoms with Crippen LogP contribution in [-0.4, -0.2) is 66.2 Å². The fraction of sp³-hybridized carbons (Fsp3) is 0.476. The fourth-order valence-electron chi connectivity index (χ4n) is 3.54. The highest BCUT2D eigenvalue weighted by Crippen LogP contribution is 2.31. The highest BCUT2D eigenvalue weighted by Gasteiger charge is 2.34. The summed E-state index contributed by atoms with van der Waals surface area (Å²) in [5, 5.41) is 12.6. The van der Waals surface area contributed by atoms with Gasteiger partial charge in [0.05, 0.1) is 0 Å². The minimum atomic E-state index is -0.535. The van der Waals surface area contributed by atoms with E-state index in [1.165, 1.54) is 5.39 Å². The molecule has 2 aliphatic rings. The molecule has 5 nitrogen and oxygen atoms in total. The van der Waals surface area contributed by atoms with Crippen molar-refractivity contribution in [2.75, 3.05) is 39.3 Å². The van der Waals surface area contributed by atoms with E-state index in [0.29, 0.717) is 18.4 Å². The Bertz CT molecular complexity index is 767. The molecule has 1 N–H and O–H groups in total. The van der Waals surface area contributed by atoms with Gasteiger partial charge in [0.1, 0.15) is 18.5 Å². The second kappa shape index (κ2) is 7.64. The van der Waals surface area contributed by atoms with Crippen molar-refractivity contribution in [2.24, 2.45) is 5.92 Å². The van der Waals surface area contributed by atoms with Gasteiger partial charge in [-0.15, -0.1) is 0 Å². The summed E-state index contributed by atoms with van der Waals surface area (Å²) in [6.45, 7) is 4.05. The Morgan fingerprint density at radius 3 is 2.54 bits per heavy atom. The van der Waals surface area contributed by atoms with Crippen LogP contribution < -0.4 is 4.74 Å². The quantitative estimate of drug-likeness (QED) is 0.864. The summed E-state index contributed by atoms with van der Waals surface area (Å²) in [6, 6.07) is 14.1. The van der Waals surface area contributed by atoms with E-state index in [9.17, 15) is 9.90 Å². The molecule has 1 saturated heterocycles. The molecule has 2 aromatic carbocycles. The highest BCUT2D eigenvalue weighted by molar-refractivity contribution is 5.83. The van der Waals surface area contributed by atoms with Crippen molar-refractivity contribution < 1.29 is 14.6 Å². The molecule has 138 valence electrons. The SMILES string of the molecule is O=C(C1CC1)N1CCN(C[C@@H](O)COc2ccc3ccccc3c2)CC1. The molecule has 1 saturated carbocycles. The monoisotopic (exact) mass is 354 g/mol. The predicted molar refractivity (Wildman–Crippen MR) is 101 cm³/mol. The van der Waals surface area contributed by atoms with Crippen molar-refractivity contribution in [3.8, 4) is 5.75 Å². The molecule has 5 heteroatoms. The van der Waals surface area contributed by atoms with Gasteiger partial charge >= 0.3 is 0 Å². The maximum Gasteiger partial charge on any atom is 0.225 e. The highest BCUT2D eigenvalue weighted by atomic mass is 16.5. The molecular weight excluding hydrogens is 328 g/mol. The van der Waals surface area contributed by atoms with E-state index in [0.717, 1.165) is 50.2 Å². The van der Waals surface area contributed by atoms with E-state index in [2.05, 4.69) is 17.0 Å². The number of ether oxygens (including phenoxy) is 1. The first-order valence-electron chi connectivity index (χ1n) is 9.50. The molecule has 2 aromatic rings. The Morgan fingerprint density at radius 1 is 1.08 bits per heavy atom. The Morgan fingerprint density at radius 2 is 1.81 bits per heavy atom. The lowest BCUT2D eigenvalue weighted by molar-refractivity contribution is -0.134. The van der Waals surface area contributed by atoms with Crippen molar-refractivity contribution in [1.82, 2.24) is 9.80 Å². The molecule has 0 unspecified atom stereocenters. The van der Waals surface area contributed by atoms with Gasteiger partial charge in [0.2, 0.25) is 5.91 Å². The lowest BCUT2D eigenvalue weighted by Gasteiger charge is -2.35. The number of carbonyl (C=O) groups excluding carboxylic acids is 1. The predicted octanol–water partition coefficient (Wildman–Crippen LogP) is 2.13. The molecule has 1 heterocycles. The number of piperazine rings is 1. The van der Waals surface area contributed by atoms with Crippen LogP contribution in [0.3, 0.4) is 0 Å². The van der Waals surface area contributed by atoms with Crippen LogP contribution in [-0.2, 0) is 4.79 Å². The molecule has 0 aromatic heterocycles. The third-order valence-electron chi connectivity index (χ3n) is 5.24. The van der Waals surface area contributed by atoms with E-state index in [1.54, 1.807) is 0 Å². The Balaban J connectivity index is 1.22. The van der Waals surface area contributed by atoms with E-state index in [-0.39, 0.29) is 6.61 Å². The van der Waals surface area contributed by atoms with Crippen LogP contribution in [0.2, 0.25) is 0 Å². The van der Waals surface area contributed by atoms with Crippen LogP contribution >= 0.6 is 0 Å². The van der Waals surface area contributed by atoms with E-state index in [1.807, 2.05) is 35.2 Å². The standard InChI is InChI=1S/C21H26N2O3/c24-19(14-22-9-11-23(12-10-22)21(25)17-5-6-17)15-26-20-8-7-16-3-1-2-4-18(16)13-20/h1-4,7-8,13,17,19,24H,5-6,9-12,14-15H2/t19-/m1/s1. The van der Waals surface area contributed by atoms with E-state index < -0.39 is 6.10 Å². The van der Waals surface area contributed by atoms with Crippen molar-refractivity contribution in [3.05, 3.63) is 42.5 Å². The summed E-state index contributed by atoms with van der Waals surface area (Å²) < 4.78 is 5.78. The summed E-state index contributed by atoms with van der Waals surface area (Å²) in [4.78, 5) is 16.3. The first-order chi connectivity index (χ1) is 12.7. The molecule has 26 heavy (non-hydrogen) atoms. The largest absolute Gasteiger partial charge is 0.491 e. The lowest BCUT2D eigenvalue weighted by Crippen LogP contribution is -2.51. The number of aliphatic hydroxyl groups excluding tert-OH is 1. The molecule has 0 bridgehead atoms. The van der Waals surface area contributed by atoms with Crippen molar-refractivity contribution in [1.29, 1.82) is 0 Å². The van der Waals surface area contributed by atoms with Crippen LogP contribution in [0.1, 0.15) is 12.8 Å². The number of benzene rings is 2.